The Balaban J connectivity index is 1.78. The first-order valence-corrected chi connectivity index (χ1v) is 10.3. The molecule has 1 aromatic heterocycles. The predicted molar refractivity (Wildman–Crippen MR) is 107 cm³/mol. The number of carbonyl (C=O) groups excluding carboxylic acids is 1. The number of aryl methyl sites for hydroxylation is 1. The Morgan fingerprint density at radius 1 is 1.11 bits per heavy atom. The molecule has 140 valence electrons. The van der Waals surface area contributed by atoms with Gasteiger partial charge in [0, 0.05) is 21.9 Å². The van der Waals surface area contributed by atoms with Crippen LogP contribution in [0.25, 0.3) is 0 Å². The molecular weight excluding hydrogens is 432 g/mol. The van der Waals surface area contributed by atoms with E-state index in [1.165, 1.54) is 6.07 Å². The van der Waals surface area contributed by atoms with Gasteiger partial charge in [0.2, 0.25) is 0 Å². The zero-order valence-electron chi connectivity index (χ0n) is 14.6. The summed E-state index contributed by atoms with van der Waals surface area (Å²) >= 11 is 3.29. The molecule has 3 aromatic rings. The minimum absolute atomic E-state index is 0.0212. The highest BCUT2D eigenvalue weighted by Crippen LogP contribution is 2.20. The van der Waals surface area contributed by atoms with E-state index in [-0.39, 0.29) is 10.7 Å². The predicted octanol–water partition coefficient (Wildman–Crippen LogP) is 3.84. The first kappa shape index (κ1) is 19.1. The maximum absolute atomic E-state index is 12.5. The van der Waals surface area contributed by atoms with E-state index < -0.39 is 15.9 Å². The van der Waals surface area contributed by atoms with Gasteiger partial charge in [0.25, 0.3) is 15.9 Å². The third-order valence-corrected chi connectivity index (χ3v) is 5.85. The van der Waals surface area contributed by atoms with Crippen LogP contribution in [0.3, 0.4) is 0 Å². The summed E-state index contributed by atoms with van der Waals surface area (Å²) in [5, 5.41) is 8.77. The van der Waals surface area contributed by atoms with Crippen LogP contribution < -0.4 is 10.0 Å². The molecule has 0 radical (unpaired) electrons. The summed E-state index contributed by atoms with van der Waals surface area (Å²) in [6.45, 7) is 3.84. The lowest BCUT2D eigenvalue weighted by atomic mass is 10.1. The number of halogens is 1. The first-order chi connectivity index (χ1) is 12.8. The Labute approximate surface area is 165 Å². The summed E-state index contributed by atoms with van der Waals surface area (Å²) in [5.41, 5.74) is 3.00. The quantitative estimate of drug-likeness (QED) is 0.551. The largest absolute Gasteiger partial charge is 0.320 e. The molecule has 0 atom stereocenters. The van der Waals surface area contributed by atoms with Gasteiger partial charge < -0.3 is 5.32 Å². The average Bonchev–Trinajstić information content (AvgIpc) is 3.12. The molecule has 9 heteroatoms. The van der Waals surface area contributed by atoms with Gasteiger partial charge in [-0.1, -0.05) is 28.1 Å². The third kappa shape index (κ3) is 4.37. The second-order valence-corrected chi connectivity index (χ2v) is 8.50. The Hall–Kier alpha value is -2.65. The van der Waals surface area contributed by atoms with Crippen molar-refractivity contribution in [3.63, 3.8) is 0 Å². The maximum atomic E-state index is 12.5. The number of anilines is 2. The van der Waals surface area contributed by atoms with E-state index in [2.05, 4.69) is 36.2 Å². The summed E-state index contributed by atoms with van der Waals surface area (Å²) in [5.74, 6) is -0.495. The van der Waals surface area contributed by atoms with Crippen molar-refractivity contribution < 1.29 is 13.2 Å². The smallest absolute Gasteiger partial charge is 0.278 e. The van der Waals surface area contributed by atoms with Crippen LogP contribution in [0.2, 0.25) is 0 Å². The van der Waals surface area contributed by atoms with Crippen LogP contribution in [-0.2, 0) is 10.0 Å². The van der Waals surface area contributed by atoms with Crippen LogP contribution in [0.1, 0.15) is 21.6 Å². The highest BCUT2D eigenvalue weighted by Gasteiger charge is 2.20. The van der Waals surface area contributed by atoms with Crippen LogP contribution in [0.4, 0.5) is 11.4 Å². The van der Waals surface area contributed by atoms with E-state index >= 15 is 0 Å². The molecule has 1 heterocycles. The van der Waals surface area contributed by atoms with E-state index in [0.717, 1.165) is 15.6 Å². The standard InChI is InChI=1S/C18H17BrN4O3S/c1-11-4-3-5-15(12(11)2)20-18(24)16-10-17(22-21-16)27(25,26)23-14-8-6-13(19)7-9-14/h3-10,23H,1-2H3,(H,20,24)(H,21,22). The lowest BCUT2D eigenvalue weighted by Gasteiger charge is -2.08. The van der Waals surface area contributed by atoms with Gasteiger partial charge in [-0.25, -0.2) is 0 Å². The zero-order valence-corrected chi connectivity index (χ0v) is 17.0. The van der Waals surface area contributed by atoms with Crippen LogP contribution >= 0.6 is 15.9 Å². The summed E-state index contributed by atoms with van der Waals surface area (Å²) in [7, 11) is -3.89. The number of aromatic amines is 1. The highest BCUT2D eigenvalue weighted by atomic mass is 79.9. The minimum Gasteiger partial charge on any atom is -0.320 e. The lowest BCUT2D eigenvalue weighted by Crippen LogP contribution is -2.14. The number of rotatable bonds is 5. The second kappa shape index (κ2) is 7.53. The normalized spacial score (nSPS) is 11.2. The first-order valence-electron chi connectivity index (χ1n) is 7.97. The molecule has 0 bridgehead atoms. The van der Waals surface area contributed by atoms with Crippen molar-refractivity contribution in [1.82, 2.24) is 10.2 Å². The number of benzene rings is 2. The monoisotopic (exact) mass is 448 g/mol. The Kier molecular flexibility index (Phi) is 5.33. The topological polar surface area (TPSA) is 104 Å². The molecule has 3 N–H and O–H groups in total. The van der Waals surface area contributed by atoms with Crippen LogP contribution in [0.5, 0.6) is 0 Å². The van der Waals surface area contributed by atoms with Crippen molar-refractivity contribution in [2.45, 2.75) is 18.9 Å². The van der Waals surface area contributed by atoms with Gasteiger partial charge in [0.15, 0.2) is 10.7 Å². The molecule has 1 amide bonds. The van der Waals surface area contributed by atoms with Gasteiger partial charge in [-0.3, -0.25) is 14.6 Å². The number of H-pyrrole nitrogens is 1. The van der Waals surface area contributed by atoms with Crippen molar-refractivity contribution in [3.05, 3.63) is 69.8 Å². The van der Waals surface area contributed by atoms with Crippen LogP contribution in [-0.4, -0.2) is 24.5 Å². The fourth-order valence-electron chi connectivity index (χ4n) is 2.36. The molecule has 0 aliphatic heterocycles. The van der Waals surface area contributed by atoms with Gasteiger partial charge in [-0.15, -0.1) is 0 Å². The molecule has 0 saturated heterocycles. The van der Waals surface area contributed by atoms with E-state index in [1.807, 2.05) is 26.0 Å². The van der Waals surface area contributed by atoms with Gasteiger partial charge in [-0.2, -0.15) is 13.5 Å². The molecule has 0 aliphatic carbocycles. The third-order valence-electron chi connectivity index (χ3n) is 4.03. The average molecular weight is 449 g/mol. The summed E-state index contributed by atoms with van der Waals surface area (Å²) in [4.78, 5) is 12.4. The van der Waals surface area contributed by atoms with Crippen molar-refractivity contribution in [1.29, 1.82) is 0 Å². The van der Waals surface area contributed by atoms with Crippen LogP contribution in [0.15, 0.2) is 58.0 Å². The van der Waals surface area contributed by atoms with E-state index in [1.54, 1.807) is 30.3 Å². The lowest BCUT2D eigenvalue weighted by molar-refractivity contribution is 0.102. The van der Waals surface area contributed by atoms with Gasteiger partial charge in [-0.05, 0) is 55.3 Å². The van der Waals surface area contributed by atoms with Crippen molar-refractivity contribution in [2.75, 3.05) is 10.0 Å². The fraction of sp³-hybridized carbons (Fsp3) is 0.111. The van der Waals surface area contributed by atoms with Crippen molar-refractivity contribution in [2.24, 2.45) is 0 Å². The molecule has 0 saturated carbocycles. The van der Waals surface area contributed by atoms with Crippen LogP contribution in [0, 0.1) is 13.8 Å². The molecular formula is C18H17BrN4O3S. The zero-order chi connectivity index (χ0) is 19.6. The molecule has 3 rings (SSSR count). The Morgan fingerprint density at radius 3 is 2.52 bits per heavy atom. The Morgan fingerprint density at radius 2 is 1.81 bits per heavy atom. The molecule has 7 nitrogen and oxygen atoms in total. The van der Waals surface area contributed by atoms with Gasteiger partial charge >= 0.3 is 0 Å². The molecule has 27 heavy (non-hydrogen) atoms. The van der Waals surface area contributed by atoms with E-state index in [0.29, 0.717) is 11.4 Å². The highest BCUT2D eigenvalue weighted by molar-refractivity contribution is 9.10. The summed E-state index contributed by atoms with van der Waals surface area (Å²) < 4.78 is 28.2. The molecule has 0 fully saturated rings. The maximum Gasteiger partial charge on any atom is 0.278 e. The van der Waals surface area contributed by atoms with E-state index in [9.17, 15) is 13.2 Å². The number of aromatic nitrogens is 2. The van der Waals surface area contributed by atoms with E-state index in [4.69, 9.17) is 0 Å². The summed E-state index contributed by atoms with van der Waals surface area (Å²) in [6, 6.07) is 13.4. The number of carbonyl (C=O) groups is 1. The number of sulfonamides is 1. The SMILES string of the molecule is Cc1cccc(NC(=O)c2cc(S(=O)(=O)Nc3ccc(Br)cc3)[nH]n2)c1C. The van der Waals surface area contributed by atoms with Crippen molar-refractivity contribution >= 4 is 43.2 Å². The second-order valence-electron chi connectivity index (χ2n) is 5.93. The number of hydrogen-bond acceptors (Lipinski definition) is 4. The number of nitrogens with one attached hydrogen (secondary N) is 3. The molecule has 0 aliphatic rings. The molecule has 0 spiro atoms. The minimum atomic E-state index is -3.89. The Bertz CT molecular complexity index is 1090. The molecule has 2 aromatic carbocycles. The summed E-state index contributed by atoms with van der Waals surface area (Å²) in [6.07, 6.45) is 0. The van der Waals surface area contributed by atoms with Crippen molar-refractivity contribution in [3.8, 4) is 0 Å². The number of amides is 1. The fourth-order valence-corrected chi connectivity index (χ4v) is 3.61. The number of nitrogens with zero attached hydrogens (tertiary/aromatic N) is 1. The molecule has 0 unspecified atom stereocenters. The van der Waals surface area contributed by atoms with Gasteiger partial charge in [0.05, 0.1) is 0 Å². The van der Waals surface area contributed by atoms with Gasteiger partial charge in [0.1, 0.15) is 0 Å². The number of hydrogen-bond donors (Lipinski definition) is 3.